The van der Waals surface area contributed by atoms with Crippen LogP contribution < -0.4 is 4.74 Å². The van der Waals surface area contributed by atoms with Crippen molar-refractivity contribution >= 4 is 21.8 Å². The van der Waals surface area contributed by atoms with E-state index < -0.39 is 0 Å². The van der Waals surface area contributed by atoms with Crippen LogP contribution in [0.1, 0.15) is 47.1 Å². The average molecular weight is 669 g/mol. The minimum atomic E-state index is -0.0417. The summed E-state index contributed by atoms with van der Waals surface area (Å²) in [5.74, 6) is 4.40. The smallest absolute Gasteiger partial charge is 0.693 e. The number of rotatable bonds is 3. The third-order valence-corrected chi connectivity index (χ3v) is 5.62. The summed E-state index contributed by atoms with van der Waals surface area (Å²) in [6.07, 6.45) is 10.2. The van der Waals surface area contributed by atoms with Gasteiger partial charge in [0.15, 0.2) is 0 Å². The van der Waals surface area contributed by atoms with Crippen LogP contribution in [0.5, 0.6) is 11.6 Å². The summed E-state index contributed by atoms with van der Waals surface area (Å²) in [4.78, 5) is 8.95. The summed E-state index contributed by atoms with van der Waals surface area (Å²) in [5, 5.41) is 2.28. The van der Waals surface area contributed by atoms with E-state index in [4.69, 9.17) is 16.1 Å². The molecule has 0 N–H and O–H groups in total. The first kappa shape index (κ1) is 28.2. The van der Waals surface area contributed by atoms with Crippen molar-refractivity contribution in [1.82, 2.24) is 14.5 Å². The third kappa shape index (κ3) is 6.67. The monoisotopic (exact) mass is 668 g/mol. The molecule has 5 rings (SSSR count). The Kier molecular flexibility index (Phi) is 8.62. The van der Waals surface area contributed by atoms with Gasteiger partial charge in [-0.05, 0) is 46.0 Å². The number of nitrogens with zero attached hydrogens (tertiary/aromatic N) is 3. The van der Waals surface area contributed by atoms with Gasteiger partial charge in [0.05, 0.1) is 0 Å². The molecular formula is C32H31N3OPt. The summed E-state index contributed by atoms with van der Waals surface area (Å²) in [5.41, 5.74) is 3.26. The molecule has 190 valence electrons. The molecular weight excluding hydrogens is 637 g/mol. The molecule has 0 aliphatic heterocycles. The maximum absolute atomic E-state index is 6.60. The number of benzene rings is 2. The Morgan fingerprint density at radius 1 is 0.838 bits per heavy atom. The first-order valence-electron chi connectivity index (χ1n) is 12.0. The second kappa shape index (κ2) is 11.3. The van der Waals surface area contributed by atoms with E-state index in [1.807, 2.05) is 51.2 Å². The van der Waals surface area contributed by atoms with Crippen molar-refractivity contribution in [2.75, 3.05) is 0 Å². The largest absolute Gasteiger partial charge is 2.00 e. The second-order valence-electron chi connectivity index (χ2n) is 10.7. The Morgan fingerprint density at radius 2 is 1.54 bits per heavy atom. The molecule has 0 unspecified atom stereocenters. The summed E-state index contributed by atoms with van der Waals surface area (Å²) >= 11 is 0. The molecule has 0 amide bonds. The fraction of sp³-hybridized carbons (Fsp3) is 0.250. The normalized spacial score (nSPS) is 11.3. The molecule has 5 aromatic rings. The van der Waals surface area contributed by atoms with Gasteiger partial charge >= 0.3 is 21.1 Å². The number of para-hydroxylation sites is 1. The molecule has 0 aliphatic rings. The van der Waals surface area contributed by atoms with Gasteiger partial charge < -0.3 is 21.6 Å². The zero-order chi connectivity index (χ0) is 25.9. The van der Waals surface area contributed by atoms with Gasteiger partial charge in [-0.15, -0.1) is 17.5 Å². The number of ether oxygens (including phenoxy) is 1. The van der Waals surface area contributed by atoms with Gasteiger partial charge in [-0.25, -0.2) is 9.97 Å². The van der Waals surface area contributed by atoms with E-state index >= 15 is 0 Å². The quantitative estimate of drug-likeness (QED) is 0.144. The van der Waals surface area contributed by atoms with Crippen LogP contribution in [-0.4, -0.2) is 14.5 Å². The predicted octanol–water partition coefficient (Wildman–Crippen LogP) is 8.08. The van der Waals surface area contributed by atoms with Gasteiger partial charge in [0.25, 0.3) is 0 Å². The van der Waals surface area contributed by atoms with Crippen molar-refractivity contribution in [2.24, 2.45) is 5.41 Å². The number of hydrogen-bond acceptors (Lipinski definition) is 3. The number of fused-ring (bicyclic) bond motifs is 3. The van der Waals surface area contributed by atoms with Gasteiger partial charge in [0.1, 0.15) is 5.82 Å². The van der Waals surface area contributed by atoms with Crippen LogP contribution >= 0.6 is 0 Å². The van der Waals surface area contributed by atoms with E-state index in [2.05, 4.69) is 84.8 Å². The molecule has 3 aromatic heterocycles. The van der Waals surface area contributed by atoms with Crippen LogP contribution in [0.2, 0.25) is 0 Å². The van der Waals surface area contributed by atoms with Crippen molar-refractivity contribution in [1.29, 1.82) is 0 Å². The SMILES string of the molecule is CC(C)(C)c1ccnc(-n2c3[c-]c(Oc4ccccn4)ccc3c3ccccc32)c1.[C-]#CC(C)(C)C.[Pt+2]. The first-order chi connectivity index (χ1) is 17.1. The molecule has 0 bridgehead atoms. The Morgan fingerprint density at radius 3 is 2.19 bits per heavy atom. The molecule has 0 spiro atoms. The fourth-order valence-corrected chi connectivity index (χ4v) is 3.70. The molecule has 2 aromatic carbocycles. The van der Waals surface area contributed by atoms with Crippen LogP contribution in [0.15, 0.2) is 79.1 Å². The molecule has 0 atom stereocenters. The van der Waals surface area contributed by atoms with Crippen LogP contribution in [0, 0.1) is 23.8 Å². The van der Waals surface area contributed by atoms with E-state index in [9.17, 15) is 0 Å². The van der Waals surface area contributed by atoms with Gasteiger partial charge in [-0.1, -0.05) is 71.3 Å². The second-order valence-corrected chi connectivity index (χ2v) is 10.7. The maximum atomic E-state index is 6.60. The molecule has 4 nitrogen and oxygen atoms in total. The number of aromatic nitrogens is 3. The molecule has 0 fully saturated rings. The van der Waals surface area contributed by atoms with E-state index in [-0.39, 0.29) is 31.9 Å². The van der Waals surface area contributed by atoms with Crippen LogP contribution in [-0.2, 0) is 26.5 Å². The average Bonchev–Trinajstić information content (AvgIpc) is 3.18. The molecule has 0 saturated heterocycles. The minimum Gasteiger partial charge on any atom is -0.693 e. The van der Waals surface area contributed by atoms with Crippen molar-refractivity contribution < 1.29 is 25.8 Å². The Hall–Kier alpha value is -3.41. The van der Waals surface area contributed by atoms with Gasteiger partial charge in [0, 0.05) is 29.7 Å². The zero-order valence-corrected chi connectivity index (χ0v) is 24.3. The fourth-order valence-electron chi connectivity index (χ4n) is 3.70. The van der Waals surface area contributed by atoms with Gasteiger partial charge in [-0.2, -0.15) is 6.07 Å². The standard InChI is InChI=1S/C26H22N3O.C6H9.Pt/c1-26(2,3)18-13-15-27-24(16-18)29-22-9-5-4-8-20(22)21-12-11-19(17-23(21)29)30-25-10-6-7-14-28-25;1-5-6(2,3)4;/h4-16H,1-3H3;2-4H3;/q2*-1;+2. The number of pyridine rings is 2. The molecule has 5 heteroatoms. The van der Waals surface area contributed by atoms with Crippen molar-refractivity contribution in [2.45, 2.75) is 47.0 Å². The molecule has 0 saturated carbocycles. The summed E-state index contributed by atoms with van der Waals surface area (Å²) in [7, 11) is 0. The van der Waals surface area contributed by atoms with E-state index in [0.29, 0.717) is 11.6 Å². The van der Waals surface area contributed by atoms with E-state index in [1.54, 1.807) is 6.20 Å². The Balaban J connectivity index is 0.000000489. The summed E-state index contributed by atoms with van der Waals surface area (Å²) in [6, 6.07) is 25.7. The first-order valence-corrected chi connectivity index (χ1v) is 12.0. The van der Waals surface area contributed by atoms with Crippen LogP contribution in [0.25, 0.3) is 27.6 Å². The molecule has 0 aliphatic carbocycles. The van der Waals surface area contributed by atoms with E-state index in [0.717, 1.165) is 27.6 Å². The summed E-state index contributed by atoms with van der Waals surface area (Å²) < 4.78 is 8.11. The predicted molar refractivity (Wildman–Crippen MR) is 147 cm³/mol. The molecule has 37 heavy (non-hydrogen) atoms. The van der Waals surface area contributed by atoms with Gasteiger partial charge in [0.2, 0.25) is 5.88 Å². The third-order valence-electron chi connectivity index (χ3n) is 5.62. The zero-order valence-electron chi connectivity index (χ0n) is 22.1. The maximum Gasteiger partial charge on any atom is 2.00 e. The van der Waals surface area contributed by atoms with Crippen molar-refractivity contribution in [3.05, 3.63) is 97.2 Å². The van der Waals surface area contributed by atoms with Gasteiger partial charge in [-0.3, -0.25) is 0 Å². The van der Waals surface area contributed by atoms with E-state index in [1.165, 1.54) is 5.56 Å². The Labute approximate surface area is 234 Å². The van der Waals surface area contributed by atoms with Crippen molar-refractivity contribution in [3.63, 3.8) is 0 Å². The molecule has 3 heterocycles. The minimum absolute atomic E-state index is 0. The number of hydrogen-bond donors (Lipinski definition) is 0. The molecule has 0 radical (unpaired) electrons. The van der Waals surface area contributed by atoms with Crippen LogP contribution in [0.3, 0.4) is 0 Å². The Bertz CT molecular complexity index is 1530. The topological polar surface area (TPSA) is 39.9 Å². The van der Waals surface area contributed by atoms with Crippen LogP contribution in [0.4, 0.5) is 0 Å². The van der Waals surface area contributed by atoms with Crippen molar-refractivity contribution in [3.8, 4) is 23.4 Å². The summed E-state index contributed by atoms with van der Waals surface area (Å²) in [6.45, 7) is 12.5.